The molecule has 0 bridgehead atoms. The Morgan fingerprint density at radius 2 is 1.71 bits per heavy atom. The highest BCUT2D eigenvalue weighted by molar-refractivity contribution is 7.11. The number of benzene rings is 2. The van der Waals surface area contributed by atoms with Crippen molar-refractivity contribution in [3.63, 3.8) is 0 Å². The summed E-state index contributed by atoms with van der Waals surface area (Å²) in [6, 6.07) is 14.1. The van der Waals surface area contributed by atoms with Crippen LogP contribution in [-0.4, -0.2) is 73.6 Å². The highest BCUT2D eigenvalue weighted by Crippen LogP contribution is 2.28. The molecule has 0 saturated carbocycles. The molecule has 0 fully saturated rings. The van der Waals surface area contributed by atoms with Crippen LogP contribution in [0.25, 0.3) is 0 Å². The number of carbonyl (C=O) groups is 2. The average molecular weight is 598 g/mol. The van der Waals surface area contributed by atoms with Gasteiger partial charge >= 0.3 is 0 Å². The van der Waals surface area contributed by atoms with Crippen molar-refractivity contribution in [2.75, 3.05) is 47.1 Å². The van der Waals surface area contributed by atoms with Crippen LogP contribution in [0.3, 0.4) is 0 Å². The summed E-state index contributed by atoms with van der Waals surface area (Å²) in [5.41, 5.74) is 1.47. The molecular weight excluding hydrogens is 558 g/mol. The number of hydrogen-bond donors (Lipinski definition) is 0. The number of hydrogen-bond acceptors (Lipinski definition) is 8. The van der Waals surface area contributed by atoms with Gasteiger partial charge in [0.25, 0.3) is 11.6 Å². The van der Waals surface area contributed by atoms with E-state index in [1.54, 1.807) is 49.5 Å². The Morgan fingerprint density at radius 3 is 2.36 bits per heavy atom. The summed E-state index contributed by atoms with van der Waals surface area (Å²) in [6.07, 6.45) is 1.09. The Hall–Kier alpha value is -3.96. The van der Waals surface area contributed by atoms with Gasteiger partial charge < -0.3 is 24.0 Å². The van der Waals surface area contributed by atoms with Crippen LogP contribution in [0, 0.1) is 24.0 Å². The fraction of sp³-hybridized carbons (Fsp3) is 0.419. The molecule has 42 heavy (non-hydrogen) atoms. The fourth-order valence-electron chi connectivity index (χ4n) is 4.49. The van der Waals surface area contributed by atoms with E-state index in [0.29, 0.717) is 56.2 Å². The average Bonchev–Trinajstić information content (AvgIpc) is 3.40. The van der Waals surface area contributed by atoms with Gasteiger partial charge in [-0.15, -0.1) is 11.3 Å². The van der Waals surface area contributed by atoms with Crippen molar-refractivity contribution in [3.8, 4) is 11.5 Å². The van der Waals surface area contributed by atoms with E-state index in [-0.39, 0.29) is 30.2 Å². The first-order chi connectivity index (χ1) is 20.2. The lowest BCUT2D eigenvalue weighted by Crippen LogP contribution is -2.44. The van der Waals surface area contributed by atoms with Gasteiger partial charge in [0.1, 0.15) is 6.54 Å². The van der Waals surface area contributed by atoms with Crippen LogP contribution in [-0.2, 0) is 22.5 Å². The molecule has 226 valence electrons. The zero-order valence-corrected chi connectivity index (χ0v) is 25.7. The molecule has 0 aliphatic carbocycles. The number of nitrogens with zero attached hydrogens (tertiary/aromatic N) is 3. The summed E-state index contributed by atoms with van der Waals surface area (Å²) in [4.78, 5) is 43.8. The van der Waals surface area contributed by atoms with Crippen molar-refractivity contribution >= 4 is 28.8 Å². The zero-order chi connectivity index (χ0) is 30.6. The minimum absolute atomic E-state index is 0.133. The Labute approximate surface area is 250 Å². The van der Waals surface area contributed by atoms with E-state index >= 15 is 0 Å². The maximum atomic E-state index is 13.8. The predicted octanol–water partition coefficient (Wildman–Crippen LogP) is 5.43. The molecule has 0 aliphatic rings. The zero-order valence-electron chi connectivity index (χ0n) is 24.9. The number of nitro benzene ring substituents is 1. The highest BCUT2D eigenvalue weighted by Gasteiger charge is 2.25. The van der Waals surface area contributed by atoms with Gasteiger partial charge in [-0.05, 0) is 69.5 Å². The molecule has 0 radical (unpaired) electrons. The topological polar surface area (TPSA) is 111 Å². The van der Waals surface area contributed by atoms with Crippen molar-refractivity contribution in [1.29, 1.82) is 0 Å². The van der Waals surface area contributed by atoms with Crippen LogP contribution in [0.5, 0.6) is 11.5 Å². The Balaban J connectivity index is 1.84. The van der Waals surface area contributed by atoms with Gasteiger partial charge in [0.2, 0.25) is 5.91 Å². The Kier molecular flexibility index (Phi) is 12.3. The maximum absolute atomic E-state index is 13.8. The lowest BCUT2D eigenvalue weighted by Gasteiger charge is -2.28. The van der Waals surface area contributed by atoms with Crippen LogP contribution in [0.1, 0.15) is 44.6 Å². The van der Waals surface area contributed by atoms with Crippen LogP contribution in [0.2, 0.25) is 0 Å². The summed E-state index contributed by atoms with van der Waals surface area (Å²) in [7, 11) is 3.16. The Bertz CT molecular complexity index is 1370. The van der Waals surface area contributed by atoms with E-state index < -0.39 is 10.8 Å². The van der Waals surface area contributed by atoms with E-state index in [1.807, 2.05) is 44.2 Å². The molecule has 0 N–H and O–H groups in total. The molecule has 11 heteroatoms. The van der Waals surface area contributed by atoms with Crippen molar-refractivity contribution in [2.45, 2.75) is 40.2 Å². The highest BCUT2D eigenvalue weighted by atomic mass is 32.1. The van der Waals surface area contributed by atoms with Crippen LogP contribution < -0.4 is 9.47 Å². The van der Waals surface area contributed by atoms with E-state index in [9.17, 15) is 19.7 Å². The number of aryl methyl sites for hydroxylation is 2. The fourth-order valence-corrected chi connectivity index (χ4v) is 5.40. The number of methoxy groups -OCH3 is 2. The third kappa shape index (κ3) is 9.02. The lowest BCUT2D eigenvalue weighted by molar-refractivity contribution is -0.385. The number of thiophene rings is 1. The molecule has 3 rings (SSSR count). The number of nitro groups is 1. The first-order valence-electron chi connectivity index (χ1n) is 13.8. The number of rotatable bonds is 16. The number of carbonyl (C=O) groups excluding carboxylic acids is 2. The van der Waals surface area contributed by atoms with Gasteiger partial charge in [-0.2, -0.15) is 0 Å². The van der Waals surface area contributed by atoms with E-state index in [1.165, 1.54) is 11.0 Å². The van der Waals surface area contributed by atoms with Gasteiger partial charge in [-0.1, -0.05) is 12.1 Å². The molecule has 0 saturated heterocycles. The second kappa shape index (κ2) is 15.9. The quantitative estimate of drug-likeness (QED) is 0.123. The second-order valence-corrected chi connectivity index (χ2v) is 11.2. The van der Waals surface area contributed by atoms with Crippen molar-refractivity contribution in [3.05, 3.63) is 85.1 Å². The summed E-state index contributed by atoms with van der Waals surface area (Å²) in [5.74, 6) is 0.587. The third-order valence-electron chi connectivity index (χ3n) is 6.80. The van der Waals surface area contributed by atoms with Crippen LogP contribution >= 0.6 is 11.3 Å². The first kappa shape index (κ1) is 32.6. The summed E-state index contributed by atoms with van der Waals surface area (Å²) in [5, 5.41) is 11.5. The van der Waals surface area contributed by atoms with Gasteiger partial charge in [0, 0.05) is 53.3 Å². The largest absolute Gasteiger partial charge is 0.493 e. The first-order valence-corrected chi connectivity index (χ1v) is 14.6. The molecule has 1 heterocycles. The van der Waals surface area contributed by atoms with Crippen molar-refractivity contribution < 1.29 is 28.7 Å². The van der Waals surface area contributed by atoms with Gasteiger partial charge in [-0.25, -0.2) is 0 Å². The normalized spacial score (nSPS) is 10.8. The van der Waals surface area contributed by atoms with E-state index in [2.05, 4.69) is 0 Å². The molecule has 2 aromatic carbocycles. The predicted molar refractivity (Wildman–Crippen MR) is 163 cm³/mol. The summed E-state index contributed by atoms with van der Waals surface area (Å²) >= 11 is 1.62. The number of ether oxygens (including phenoxy) is 3. The third-order valence-corrected chi connectivity index (χ3v) is 7.79. The molecule has 10 nitrogen and oxygen atoms in total. The smallest absolute Gasteiger partial charge is 0.273 e. The van der Waals surface area contributed by atoms with Crippen LogP contribution in [0.15, 0.2) is 48.5 Å². The minimum Gasteiger partial charge on any atom is -0.493 e. The van der Waals surface area contributed by atoms with Gasteiger partial charge in [0.05, 0.1) is 25.7 Å². The van der Waals surface area contributed by atoms with Crippen LogP contribution in [0.4, 0.5) is 5.69 Å². The molecular formula is C31H39N3O7S. The summed E-state index contributed by atoms with van der Waals surface area (Å²) in [6.45, 7) is 7.43. The van der Waals surface area contributed by atoms with Crippen molar-refractivity contribution in [1.82, 2.24) is 9.80 Å². The van der Waals surface area contributed by atoms with E-state index in [0.717, 1.165) is 15.3 Å². The standard InChI is InChI=1S/C31H39N3O7S/c1-6-41-17-7-15-33(31(36)25-11-8-22(2)27(19-25)34(37)38)21-30(35)32(20-26-12-9-23(3)42-26)16-14-24-10-13-28(39-4)29(18-24)40-5/h8-13,18-19H,6-7,14-17,20-21H2,1-5H3. The minimum atomic E-state index is -0.504. The van der Waals surface area contributed by atoms with E-state index in [4.69, 9.17) is 14.2 Å². The molecule has 0 atom stereocenters. The second-order valence-electron chi connectivity index (χ2n) is 9.80. The van der Waals surface area contributed by atoms with Crippen molar-refractivity contribution in [2.24, 2.45) is 0 Å². The van der Waals surface area contributed by atoms with Gasteiger partial charge in [-0.3, -0.25) is 19.7 Å². The van der Waals surface area contributed by atoms with Gasteiger partial charge in [0.15, 0.2) is 11.5 Å². The SMILES string of the molecule is CCOCCCN(CC(=O)N(CCc1ccc(OC)c(OC)c1)Cc1ccc(C)s1)C(=O)c1ccc(C)c([N+](=O)[O-])c1. The molecule has 0 spiro atoms. The monoisotopic (exact) mass is 597 g/mol. The summed E-state index contributed by atoms with van der Waals surface area (Å²) < 4.78 is 16.2. The lowest BCUT2D eigenvalue weighted by atomic mass is 10.1. The molecule has 3 aromatic rings. The molecule has 1 aromatic heterocycles. The maximum Gasteiger partial charge on any atom is 0.273 e. The molecule has 0 aliphatic heterocycles. The molecule has 0 unspecified atom stereocenters. The molecule has 2 amide bonds. The Morgan fingerprint density at radius 1 is 0.952 bits per heavy atom. The number of amides is 2.